The predicted octanol–water partition coefficient (Wildman–Crippen LogP) is 3.48. The molecule has 0 aromatic heterocycles. The van der Waals surface area contributed by atoms with Crippen molar-refractivity contribution < 1.29 is 29.3 Å². The van der Waals surface area contributed by atoms with Crippen molar-refractivity contribution in [2.24, 2.45) is 17.8 Å². The number of carboxylic acids is 2. The van der Waals surface area contributed by atoms with Crippen molar-refractivity contribution in [1.29, 1.82) is 0 Å². The fraction of sp³-hybridized carbons (Fsp3) is 0.833. The lowest BCUT2D eigenvalue weighted by molar-refractivity contribution is -0.159. The second-order valence-electron chi connectivity index (χ2n) is 6.68. The second-order valence-corrected chi connectivity index (χ2v) is 6.68. The molecule has 6 nitrogen and oxygen atoms in total. The van der Waals surface area contributed by atoms with Gasteiger partial charge in [0.1, 0.15) is 0 Å². The van der Waals surface area contributed by atoms with Gasteiger partial charge in [-0.05, 0) is 32.1 Å². The van der Waals surface area contributed by atoms with Crippen LogP contribution in [0.25, 0.3) is 0 Å². The minimum atomic E-state index is -0.910. The molecule has 6 heteroatoms. The van der Waals surface area contributed by atoms with Crippen LogP contribution in [0.3, 0.4) is 0 Å². The Morgan fingerprint density at radius 3 is 2.25 bits per heavy atom. The Labute approximate surface area is 143 Å². The molecule has 0 aromatic rings. The normalized spacial score (nSPS) is 21.9. The van der Waals surface area contributed by atoms with Gasteiger partial charge in [-0.2, -0.15) is 0 Å². The summed E-state index contributed by atoms with van der Waals surface area (Å²) in [6.07, 6.45) is 7.37. The van der Waals surface area contributed by atoms with Gasteiger partial charge in [0.15, 0.2) is 0 Å². The summed E-state index contributed by atoms with van der Waals surface area (Å²) >= 11 is 0. The summed E-state index contributed by atoms with van der Waals surface area (Å²) in [4.78, 5) is 34.3. The Morgan fingerprint density at radius 2 is 1.67 bits per heavy atom. The van der Waals surface area contributed by atoms with Gasteiger partial charge < -0.3 is 14.9 Å². The lowest BCUT2D eigenvalue weighted by atomic mass is 9.79. The number of rotatable bonds is 11. The van der Waals surface area contributed by atoms with Gasteiger partial charge in [-0.1, -0.05) is 39.0 Å². The van der Waals surface area contributed by atoms with Crippen molar-refractivity contribution in [2.75, 3.05) is 6.61 Å². The third kappa shape index (κ3) is 6.89. The molecule has 138 valence electrons. The van der Waals surface area contributed by atoms with Crippen molar-refractivity contribution in [1.82, 2.24) is 0 Å². The van der Waals surface area contributed by atoms with Gasteiger partial charge in [0, 0.05) is 0 Å². The molecule has 0 amide bonds. The second kappa shape index (κ2) is 11.0. The molecule has 0 bridgehead atoms. The van der Waals surface area contributed by atoms with E-state index in [0.29, 0.717) is 32.1 Å². The van der Waals surface area contributed by atoms with E-state index in [1.165, 1.54) is 0 Å². The van der Waals surface area contributed by atoms with Crippen LogP contribution in [-0.4, -0.2) is 34.7 Å². The average Bonchev–Trinajstić information content (AvgIpc) is 2.56. The Bertz CT molecular complexity index is 420. The summed E-state index contributed by atoms with van der Waals surface area (Å²) in [7, 11) is 0. The summed E-state index contributed by atoms with van der Waals surface area (Å²) in [5.41, 5.74) is 0. The molecular formula is C18H30O6. The molecule has 0 aliphatic heterocycles. The van der Waals surface area contributed by atoms with Crippen LogP contribution in [0.1, 0.15) is 71.1 Å². The van der Waals surface area contributed by atoms with Crippen LogP contribution in [-0.2, 0) is 19.1 Å². The molecule has 3 unspecified atom stereocenters. The Hall–Kier alpha value is -1.59. The number of unbranched alkanes of at least 4 members (excludes halogenated alkanes) is 2. The quantitative estimate of drug-likeness (QED) is 0.440. The number of ether oxygens (including phenoxy) is 1. The minimum Gasteiger partial charge on any atom is -0.481 e. The summed E-state index contributed by atoms with van der Waals surface area (Å²) in [6.45, 7) is 2.26. The van der Waals surface area contributed by atoms with E-state index in [1.807, 2.05) is 6.92 Å². The van der Waals surface area contributed by atoms with Crippen LogP contribution >= 0.6 is 0 Å². The Morgan fingerprint density at radius 1 is 1.00 bits per heavy atom. The average molecular weight is 342 g/mol. The maximum absolute atomic E-state index is 12.1. The molecule has 1 rings (SSSR count). The monoisotopic (exact) mass is 342 g/mol. The molecule has 3 atom stereocenters. The Kier molecular flexibility index (Phi) is 9.42. The highest BCUT2D eigenvalue weighted by Crippen LogP contribution is 2.31. The van der Waals surface area contributed by atoms with Gasteiger partial charge in [0.2, 0.25) is 0 Å². The van der Waals surface area contributed by atoms with Crippen LogP contribution in [0.4, 0.5) is 0 Å². The number of hydrogen-bond acceptors (Lipinski definition) is 4. The number of aliphatic carboxylic acids is 2. The van der Waals surface area contributed by atoms with Crippen molar-refractivity contribution in [3.63, 3.8) is 0 Å². The molecule has 0 saturated heterocycles. The molecule has 0 aromatic carbocycles. The lowest BCUT2D eigenvalue weighted by Crippen LogP contribution is -2.33. The standard InChI is InChI=1S/C18H30O6/c1-2-8-13(16(19)20)9-4-3-7-12-24-18(23)15-11-6-5-10-14(15)17(21)22/h13-15H,2-12H2,1H3,(H,19,20)(H,21,22). The third-order valence-corrected chi connectivity index (χ3v) is 4.81. The van der Waals surface area contributed by atoms with Crippen molar-refractivity contribution in [3.8, 4) is 0 Å². The zero-order valence-corrected chi connectivity index (χ0v) is 14.5. The van der Waals surface area contributed by atoms with Gasteiger partial charge in [-0.15, -0.1) is 0 Å². The van der Waals surface area contributed by atoms with E-state index in [1.54, 1.807) is 0 Å². The van der Waals surface area contributed by atoms with Gasteiger partial charge >= 0.3 is 17.9 Å². The molecular weight excluding hydrogens is 312 g/mol. The van der Waals surface area contributed by atoms with Crippen LogP contribution in [0.2, 0.25) is 0 Å². The van der Waals surface area contributed by atoms with Crippen LogP contribution in [0.15, 0.2) is 0 Å². The first kappa shape index (κ1) is 20.5. The highest BCUT2D eigenvalue weighted by molar-refractivity contribution is 5.81. The number of carbonyl (C=O) groups excluding carboxylic acids is 1. The van der Waals surface area contributed by atoms with E-state index >= 15 is 0 Å². The highest BCUT2D eigenvalue weighted by Gasteiger charge is 2.36. The predicted molar refractivity (Wildman–Crippen MR) is 88.5 cm³/mol. The molecule has 2 N–H and O–H groups in total. The first-order valence-electron chi connectivity index (χ1n) is 9.09. The van der Waals surface area contributed by atoms with Gasteiger partial charge in [0.25, 0.3) is 0 Å². The first-order valence-corrected chi connectivity index (χ1v) is 9.09. The highest BCUT2D eigenvalue weighted by atomic mass is 16.5. The molecule has 0 spiro atoms. The van der Waals surface area contributed by atoms with E-state index in [2.05, 4.69) is 0 Å². The van der Waals surface area contributed by atoms with Gasteiger partial charge in [-0.25, -0.2) is 0 Å². The number of carboxylic acid groups (broad SMARTS) is 2. The molecule has 1 saturated carbocycles. The molecule has 1 aliphatic carbocycles. The number of esters is 1. The first-order chi connectivity index (χ1) is 11.5. The van der Waals surface area contributed by atoms with Gasteiger partial charge in [-0.3, -0.25) is 14.4 Å². The number of carbonyl (C=O) groups is 3. The SMILES string of the molecule is CCCC(CCCCCOC(=O)C1CCCCC1C(=O)O)C(=O)O. The summed E-state index contributed by atoms with van der Waals surface area (Å²) in [5.74, 6) is -3.45. The molecule has 0 radical (unpaired) electrons. The fourth-order valence-electron chi connectivity index (χ4n) is 3.40. The smallest absolute Gasteiger partial charge is 0.309 e. The van der Waals surface area contributed by atoms with E-state index in [9.17, 15) is 19.5 Å². The van der Waals surface area contributed by atoms with Crippen molar-refractivity contribution >= 4 is 17.9 Å². The van der Waals surface area contributed by atoms with Gasteiger partial charge in [0.05, 0.1) is 24.4 Å². The molecule has 1 fully saturated rings. The summed E-state index contributed by atoms with van der Waals surface area (Å²) in [5, 5.41) is 18.3. The maximum atomic E-state index is 12.1. The van der Waals surface area contributed by atoms with Crippen LogP contribution < -0.4 is 0 Å². The summed E-state index contributed by atoms with van der Waals surface area (Å²) in [6, 6.07) is 0. The van der Waals surface area contributed by atoms with Crippen LogP contribution in [0, 0.1) is 17.8 Å². The van der Waals surface area contributed by atoms with Crippen molar-refractivity contribution in [2.45, 2.75) is 71.1 Å². The maximum Gasteiger partial charge on any atom is 0.309 e. The molecule has 24 heavy (non-hydrogen) atoms. The largest absolute Gasteiger partial charge is 0.481 e. The van der Waals surface area contributed by atoms with Crippen molar-refractivity contribution in [3.05, 3.63) is 0 Å². The lowest BCUT2D eigenvalue weighted by Gasteiger charge is -2.26. The topological polar surface area (TPSA) is 101 Å². The van der Waals surface area contributed by atoms with E-state index in [0.717, 1.165) is 32.1 Å². The Balaban J connectivity index is 2.21. The fourth-order valence-corrected chi connectivity index (χ4v) is 3.40. The molecule has 0 heterocycles. The van der Waals surface area contributed by atoms with E-state index in [4.69, 9.17) is 9.84 Å². The van der Waals surface area contributed by atoms with E-state index in [-0.39, 0.29) is 12.5 Å². The van der Waals surface area contributed by atoms with Crippen LogP contribution in [0.5, 0.6) is 0 Å². The number of hydrogen-bond donors (Lipinski definition) is 2. The zero-order valence-electron chi connectivity index (χ0n) is 14.5. The van der Waals surface area contributed by atoms with E-state index < -0.39 is 29.7 Å². The molecule has 1 aliphatic rings. The summed E-state index contributed by atoms with van der Waals surface area (Å²) < 4.78 is 5.25. The minimum absolute atomic E-state index is 0.281. The third-order valence-electron chi connectivity index (χ3n) is 4.81. The zero-order chi connectivity index (χ0) is 17.9.